The van der Waals surface area contributed by atoms with E-state index in [9.17, 15) is 14.7 Å². The fourth-order valence-corrected chi connectivity index (χ4v) is 3.66. The lowest BCUT2D eigenvalue weighted by atomic mass is 10.2. The molecule has 9 heteroatoms. The number of fused-ring (bicyclic) bond motifs is 3. The molecule has 3 rings (SSSR count). The molecule has 3 aromatic rings. The van der Waals surface area contributed by atoms with Crippen molar-refractivity contribution >= 4 is 49.9 Å². The minimum absolute atomic E-state index is 0.361. The van der Waals surface area contributed by atoms with Crippen LogP contribution in [0.4, 0.5) is 0 Å². The molecule has 21 heavy (non-hydrogen) atoms. The zero-order chi connectivity index (χ0) is 15.1. The van der Waals surface area contributed by atoms with Gasteiger partial charge >= 0.3 is 5.97 Å². The maximum atomic E-state index is 12.1. The predicted octanol–water partition coefficient (Wildman–Crippen LogP) is 1.17. The Morgan fingerprint density at radius 3 is 2.90 bits per heavy atom. The highest BCUT2D eigenvalue weighted by atomic mass is 32.1. The number of thiophene rings is 1. The van der Waals surface area contributed by atoms with Gasteiger partial charge in [0, 0.05) is 11.6 Å². The minimum Gasteiger partial charge on any atom is -0.480 e. The number of aliphatic carboxylic acids is 1. The highest BCUT2D eigenvalue weighted by Gasteiger charge is 2.26. The molecule has 110 valence electrons. The van der Waals surface area contributed by atoms with E-state index in [1.54, 1.807) is 6.07 Å². The van der Waals surface area contributed by atoms with Crippen molar-refractivity contribution in [1.82, 2.24) is 14.7 Å². The summed E-state index contributed by atoms with van der Waals surface area (Å²) >= 11 is 2.69. The molecule has 0 saturated carbocycles. The van der Waals surface area contributed by atoms with Gasteiger partial charge in [-0.25, -0.2) is 9.78 Å². The number of nitrogens with one attached hydrogen (secondary N) is 1. The van der Waals surface area contributed by atoms with Crippen LogP contribution >= 0.6 is 22.7 Å². The number of aromatic nitrogens is 2. The molecule has 3 aromatic heterocycles. The summed E-state index contributed by atoms with van der Waals surface area (Å²) in [5.74, 6) is -1.81. The quantitative estimate of drug-likeness (QED) is 0.668. The van der Waals surface area contributed by atoms with Crippen LogP contribution in [0.2, 0.25) is 0 Å². The summed E-state index contributed by atoms with van der Waals surface area (Å²) in [5.41, 5.74) is 0.810. The number of aliphatic hydroxyl groups excluding tert-OH is 1. The van der Waals surface area contributed by atoms with Gasteiger partial charge in [-0.3, -0.25) is 9.20 Å². The van der Waals surface area contributed by atoms with E-state index in [1.165, 1.54) is 29.6 Å². The van der Waals surface area contributed by atoms with Gasteiger partial charge in [-0.15, -0.1) is 22.7 Å². The summed E-state index contributed by atoms with van der Waals surface area (Å²) in [7, 11) is 0. The third kappa shape index (κ3) is 2.39. The van der Waals surface area contributed by atoms with Crippen LogP contribution in [0.25, 0.3) is 15.3 Å². The maximum Gasteiger partial charge on any atom is 0.328 e. The molecule has 0 aliphatic heterocycles. The fourth-order valence-electron chi connectivity index (χ4n) is 1.96. The van der Waals surface area contributed by atoms with Crippen LogP contribution in [-0.2, 0) is 4.79 Å². The zero-order valence-corrected chi connectivity index (χ0v) is 12.4. The Kier molecular flexibility index (Phi) is 3.40. The van der Waals surface area contributed by atoms with Crippen LogP contribution in [0.5, 0.6) is 0 Å². The van der Waals surface area contributed by atoms with Crippen LogP contribution in [-0.4, -0.2) is 43.6 Å². The lowest BCUT2D eigenvalue weighted by Crippen LogP contribution is -2.47. The summed E-state index contributed by atoms with van der Waals surface area (Å²) in [5, 5.41) is 22.6. The van der Waals surface area contributed by atoms with E-state index in [2.05, 4.69) is 10.3 Å². The molecule has 2 atom stereocenters. The molecular formula is C12H11N3O4S2. The number of imidazole rings is 1. The van der Waals surface area contributed by atoms with Crippen LogP contribution in [0.15, 0.2) is 17.6 Å². The zero-order valence-electron chi connectivity index (χ0n) is 10.8. The molecule has 0 aliphatic rings. The number of carboxylic acid groups (broad SMARTS) is 1. The molecule has 0 aromatic carbocycles. The predicted molar refractivity (Wildman–Crippen MR) is 79.0 cm³/mol. The number of carbonyl (C=O) groups excluding carboxylic acids is 1. The summed E-state index contributed by atoms with van der Waals surface area (Å²) in [4.78, 5) is 29.4. The van der Waals surface area contributed by atoms with Gasteiger partial charge in [-0.05, 0) is 13.0 Å². The van der Waals surface area contributed by atoms with Crippen molar-refractivity contribution in [1.29, 1.82) is 0 Å². The van der Waals surface area contributed by atoms with Gasteiger partial charge in [0.25, 0.3) is 5.91 Å². The molecule has 0 unspecified atom stereocenters. The van der Waals surface area contributed by atoms with Gasteiger partial charge in [-0.2, -0.15) is 0 Å². The number of hydrogen-bond donors (Lipinski definition) is 3. The second-order valence-electron chi connectivity index (χ2n) is 4.50. The first-order valence-corrected chi connectivity index (χ1v) is 7.74. The number of carbonyl (C=O) groups is 2. The first-order chi connectivity index (χ1) is 9.97. The molecule has 3 heterocycles. The average Bonchev–Trinajstić information content (AvgIpc) is 3.05. The van der Waals surface area contributed by atoms with E-state index in [0.29, 0.717) is 4.88 Å². The Morgan fingerprint density at radius 1 is 1.48 bits per heavy atom. The van der Waals surface area contributed by atoms with Crippen LogP contribution < -0.4 is 5.32 Å². The van der Waals surface area contributed by atoms with Gasteiger partial charge in [0.1, 0.15) is 4.83 Å². The lowest BCUT2D eigenvalue weighted by molar-refractivity contribution is -0.141. The topological polar surface area (TPSA) is 104 Å². The van der Waals surface area contributed by atoms with Crippen molar-refractivity contribution in [3.8, 4) is 0 Å². The molecule has 0 spiro atoms. The third-order valence-corrected chi connectivity index (χ3v) is 4.77. The highest BCUT2D eigenvalue weighted by Crippen LogP contribution is 2.28. The van der Waals surface area contributed by atoms with Gasteiger partial charge in [0.15, 0.2) is 11.0 Å². The van der Waals surface area contributed by atoms with Crippen LogP contribution in [0.1, 0.15) is 16.6 Å². The Bertz CT molecular complexity index is 832. The van der Waals surface area contributed by atoms with E-state index in [1.807, 2.05) is 16.0 Å². The van der Waals surface area contributed by atoms with Gasteiger partial charge < -0.3 is 15.5 Å². The average molecular weight is 325 g/mol. The summed E-state index contributed by atoms with van der Waals surface area (Å²) in [6, 6.07) is 0.332. The van der Waals surface area contributed by atoms with E-state index in [0.717, 1.165) is 15.3 Å². The van der Waals surface area contributed by atoms with Crippen LogP contribution in [0, 0.1) is 0 Å². The van der Waals surface area contributed by atoms with Crippen molar-refractivity contribution in [3.63, 3.8) is 0 Å². The summed E-state index contributed by atoms with van der Waals surface area (Å²) in [6.07, 6.45) is 0.681. The second-order valence-corrected chi connectivity index (χ2v) is 6.40. The molecule has 0 radical (unpaired) electrons. The number of amides is 1. The van der Waals surface area contributed by atoms with Gasteiger partial charge in [0.2, 0.25) is 0 Å². The fraction of sp³-hybridized carbons (Fsp3) is 0.250. The molecule has 7 nitrogen and oxygen atoms in total. The first kappa shape index (κ1) is 14.0. The van der Waals surface area contributed by atoms with Crippen molar-refractivity contribution in [2.75, 3.05) is 0 Å². The molecule has 1 amide bonds. The number of thiazole rings is 1. The van der Waals surface area contributed by atoms with Gasteiger partial charge in [0.05, 0.1) is 16.5 Å². The largest absolute Gasteiger partial charge is 0.480 e. The molecule has 0 bridgehead atoms. The third-order valence-electron chi connectivity index (χ3n) is 3.00. The number of rotatable bonds is 4. The summed E-state index contributed by atoms with van der Waals surface area (Å²) < 4.78 is 1.87. The highest BCUT2D eigenvalue weighted by molar-refractivity contribution is 7.21. The second kappa shape index (κ2) is 5.10. The van der Waals surface area contributed by atoms with Gasteiger partial charge in [-0.1, -0.05) is 0 Å². The standard InChI is InChI=1S/C12H11N3O4S2/c1-5(16)8(11(18)19)13-9(17)7-4-6-10(21-7)14-12-15(6)2-3-20-12/h2-5,8,16H,1H3,(H,13,17)(H,18,19)/t5-,8+/m1/s1. The SMILES string of the molecule is C[C@@H](O)[C@H](NC(=O)c1cc2c(nc3sccn32)s1)C(=O)O. The molecule has 3 N–H and O–H groups in total. The normalized spacial score (nSPS) is 14.4. The van der Waals surface area contributed by atoms with Crippen LogP contribution in [0.3, 0.4) is 0 Å². The molecule has 0 fully saturated rings. The Balaban J connectivity index is 1.90. The van der Waals surface area contributed by atoms with E-state index in [4.69, 9.17) is 5.11 Å². The van der Waals surface area contributed by atoms with Crippen molar-refractivity contribution in [2.24, 2.45) is 0 Å². The Labute approximate surface area is 126 Å². The van der Waals surface area contributed by atoms with E-state index < -0.39 is 24.0 Å². The minimum atomic E-state index is -1.34. The first-order valence-electron chi connectivity index (χ1n) is 6.04. The Hall–Kier alpha value is -1.97. The molecule has 0 aliphatic carbocycles. The Morgan fingerprint density at radius 2 is 2.24 bits per heavy atom. The van der Waals surface area contributed by atoms with Crippen molar-refractivity contribution in [2.45, 2.75) is 19.1 Å². The number of nitrogens with zero attached hydrogens (tertiary/aromatic N) is 2. The molecule has 0 saturated heterocycles. The van der Waals surface area contributed by atoms with Crippen molar-refractivity contribution in [3.05, 3.63) is 22.5 Å². The van der Waals surface area contributed by atoms with Crippen molar-refractivity contribution < 1.29 is 19.8 Å². The lowest BCUT2D eigenvalue weighted by Gasteiger charge is -2.16. The van der Waals surface area contributed by atoms with E-state index in [-0.39, 0.29) is 0 Å². The number of aliphatic hydroxyl groups is 1. The number of hydrogen-bond acceptors (Lipinski definition) is 6. The molecular weight excluding hydrogens is 314 g/mol. The summed E-state index contributed by atoms with van der Waals surface area (Å²) in [6.45, 7) is 1.32. The maximum absolute atomic E-state index is 12.1. The smallest absolute Gasteiger partial charge is 0.328 e. The van der Waals surface area contributed by atoms with E-state index >= 15 is 0 Å². The monoisotopic (exact) mass is 325 g/mol. The number of carboxylic acids is 1.